The number of nitrogens with zero attached hydrogens (tertiary/aromatic N) is 2. The molecule has 0 amide bonds. The van der Waals surface area contributed by atoms with Crippen LogP contribution in [0.25, 0.3) is 11.3 Å². The lowest BCUT2D eigenvalue weighted by molar-refractivity contribution is -0.140. The molecule has 4 rings (SSSR count). The van der Waals surface area contributed by atoms with Gasteiger partial charge in [-0.1, -0.05) is 40.2 Å². The first-order chi connectivity index (χ1) is 16.1. The number of rotatable bonds is 6. The summed E-state index contributed by atoms with van der Waals surface area (Å²) in [5.41, 5.74) is -0.856. The van der Waals surface area contributed by atoms with E-state index in [1.807, 2.05) is 0 Å². The van der Waals surface area contributed by atoms with E-state index < -0.39 is 35.4 Å². The minimum absolute atomic E-state index is 0.0265. The van der Waals surface area contributed by atoms with Crippen LogP contribution in [-0.4, -0.2) is 41.5 Å². The summed E-state index contributed by atoms with van der Waals surface area (Å²) in [5.74, 6) is -1.35. The first kappa shape index (κ1) is 24.0. The third kappa shape index (κ3) is 4.21. The molecule has 1 aliphatic heterocycles. The van der Waals surface area contributed by atoms with E-state index in [0.717, 1.165) is 16.6 Å². The normalized spacial score (nSPS) is 19.5. The Morgan fingerprint density at radius 1 is 1.15 bits per heavy atom. The van der Waals surface area contributed by atoms with Gasteiger partial charge in [-0.3, -0.25) is 10.1 Å². The predicted octanol–water partition coefficient (Wildman–Crippen LogP) is 4.35. The molecule has 11 heteroatoms. The van der Waals surface area contributed by atoms with E-state index >= 15 is 0 Å². The molecule has 178 valence electrons. The van der Waals surface area contributed by atoms with E-state index in [-0.39, 0.29) is 12.3 Å². The van der Waals surface area contributed by atoms with E-state index in [4.69, 9.17) is 9.47 Å². The number of methoxy groups -OCH3 is 1. The number of esters is 2. The van der Waals surface area contributed by atoms with Gasteiger partial charge in [0.25, 0.3) is 0 Å². The van der Waals surface area contributed by atoms with Crippen molar-refractivity contribution in [3.05, 3.63) is 75.9 Å². The summed E-state index contributed by atoms with van der Waals surface area (Å²) in [5, 5.41) is 7.53. The van der Waals surface area contributed by atoms with Crippen molar-refractivity contribution in [2.45, 2.75) is 24.8 Å². The van der Waals surface area contributed by atoms with E-state index in [1.165, 1.54) is 30.0 Å². The molecule has 3 aromatic rings. The summed E-state index contributed by atoms with van der Waals surface area (Å²) in [6.45, 7) is 1.74. The molecular formula is C23H19BrF3N3O4. The molecule has 2 aromatic carbocycles. The third-order valence-corrected chi connectivity index (χ3v) is 5.98. The molecule has 0 unspecified atom stereocenters. The summed E-state index contributed by atoms with van der Waals surface area (Å²) >= 11 is 3.36. The first-order valence-corrected chi connectivity index (χ1v) is 11.0. The number of alkyl halides is 3. The predicted molar refractivity (Wildman–Crippen MR) is 119 cm³/mol. The van der Waals surface area contributed by atoms with Crippen molar-refractivity contribution in [3.8, 4) is 11.3 Å². The number of ether oxygens (including phenoxy) is 2. The number of halogens is 4. The highest BCUT2D eigenvalue weighted by molar-refractivity contribution is 9.10. The topological polar surface area (TPSA) is 92.4 Å². The van der Waals surface area contributed by atoms with Crippen LogP contribution in [-0.2, 0) is 26.1 Å². The standard InChI is InChI=1S/C23H19BrF3N3O4/c1-3-34-20(31)18-12-17(13-4-10-16(24)11-5-13)29-30(18)22(19(28-22)21(32)33-2)14-6-8-15(9-7-14)23(25,26)27/h4-12,19,28H,3H2,1-2H3/t19-,22-/m1/s1. The molecule has 1 N–H and O–H groups in total. The highest BCUT2D eigenvalue weighted by Gasteiger charge is 2.64. The molecule has 0 saturated carbocycles. The minimum atomic E-state index is -4.53. The van der Waals surface area contributed by atoms with E-state index in [1.54, 1.807) is 31.2 Å². The lowest BCUT2D eigenvalue weighted by atomic mass is 10.0. The van der Waals surface area contributed by atoms with Crippen molar-refractivity contribution in [2.24, 2.45) is 0 Å². The molecule has 0 aliphatic carbocycles. The fourth-order valence-corrected chi connectivity index (χ4v) is 4.02. The van der Waals surface area contributed by atoms with Gasteiger partial charge in [-0.05, 0) is 42.8 Å². The van der Waals surface area contributed by atoms with Crippen molar-refractivity contribution in [1.29, 1.82) is 0 Å². The molecule has 1 aliphatic rings. The zero-order chi connectivity index (χ0) is 24.7. The lowest BCUT2D eigenvalue weighted by Gasteiger charge is -2.19. The van der Waals surface area contributed by atoms with Crippen molar-refractivity contribution in [3.63, 3.8) is 0 Å². The summed E-state index contributed by atoms with van der Waals surface area (Å²) in [4.78, 5) is 25.3. The fraction of sp³-hybridized carbons (Fsp3) is 0.261. The summed E-state index contributed by atoms with van der Waals surface area (Å²) in [6, 6.07) is 12.0. The molecule has 1 fully saturated rings. The molecule has 1 saturated heterocycles. The van der Waals surface area contributed by atoms with Crippen molar-refractivity contribution in [2.75, 3.05) is 13.7 Å². The van der Waals surface area contributed by atoms with Crippen LogP contribution in [0.5, 0.6) is 0 Å². The van der Waals surface area contributed by atoms with Gasteiger partial charge in [0.1, 0.15) is 5.69 Å². The zero-order valence-electron chi connectivity index (χ0n) is 18.0. The van der Waals surface area contributed by atoms with Gasteiger partial charge < -0.3 is 9.47 Å². The second-order valence-electron chi connectivity index (χ2n) is 7.50. The van der Waals surface area contributed by atoms with Crippen molar-refractivity contribution < 1.29 is 32.2 Å². The van der Waals surface area contributed by atoms with Crippen molar-refractivity contribution >= 4 is 27.9 Å². The number of carbonyl (C=O) groups is 2. The maximum atomic E-state index is 13.1. The van der Waals surface area contributed by atoms with Crippen LogP contribution in [0.3, 0.4) is 0 Å². The SMILES string of the molecule is CCOC(=O)c1cc(-c2ccc(Br)cc2)nn1[C@@]1(c2ccc(C(F)(F)F)cc2)N[C@@H]1C(=O)OC. The Morgan fingerprint density at radius 3 is 2.35 bits per heavy atom. The van der Waals surface area contributed by atoms with Gasteiger partial charge in [0.2, 0.25) is 0 Å². The summed E-state index contributed by atoms with van der Waals surface area (Å²) < 4.78 is 51.5. The number of carbonyl (C=O) groups excluding carboxylic acids is 2. The van der Waals surface area contributed by atoms with Crippen LogP contribution >= 0.6 is 15.9 Å². The average molecular weight is 538 g/mol. The number of hydrogen-bond acceptors (Lipinski definition) is 6. The van der Waals surface area contributed by atoms with Gasteiger partial charge >= 0.3 is 18.1 Å². The van der Waals surface area contributed by atoms with Gasteiger partial charge in [0.15, 0.2) is 11.7 Å². The zero-order valence-corrected chi connectivity index (χ0v) is 19.6. The second-order valence-corrected chi connectivity index (χ2v) is 8.41. The quantitative estimate of drug-likeness (QED) is 0.371. The molecule has 2 heterocycles. The third-order valence-electron chi connectivity index (χ3n) is 5.46. The van der Waals surface area contributed by atoms with Crippen LogP contribution < -0.4 is 5.32 Å². The van der Waals surface area contributed by atoms with Crippen LogP contribution in [0.15, 0.2) is 59.1 Å². The Bertz CT molecular complexity index is 1230. The maximum absolute atomic E-state index is 13.1. The molecule has 0 radical (unpaired) electrons. The maximum Gasteiger partial charge on any atom is 0.416 e. The van der Waals surface area contributed by atoms with Gasteiger partial charge in [-0.25, -0.2) is 9.48 Å². The first-order valence-electron chi connectivity index (χ1n) is 10.2. The Morgan fingerprint density at radius 2 is 1.79 bits per heavy atom. The van der Waals surface area contributed by atoms with Gasteiger partial charge in [0, 0.05) is 10.0 Å². The van der Waals surface area contributed by atoms with E-state index in [9.17, 15) is 22.8 Å². The van der Waals surface area contributed by atoms with Crippen LogP contribution in [0.1, 0.15) is 28.5 Å². The van der Waals surface area contributed by atoms with Crippen LogP contribution in [0, 0.1) is 0 Å². The molecule has 2 atom stereocenters. The molecule has 7 nitrogen and oxygen atoms in total. The van der Waals surface area contributed by atoms with Gasteiger partial charge in [0.05, 0.1) is 25.0 Å². The summed E-state index contributed by atoms with van der Waals surface area (Å²) in [6.07, 6.45) is -4.53. The average Bonchev–Trinajstić information content (AvgIpc) is 3.41. The highest BCUT2D eigenvalue weighted by Crippen LogP contribution is 2.43. The molecule has 0 bridgehead atoms. The minimum Gasteiger partial charge on any atom is -0.468 e. The Hall–Kier alpha value is -3.18. The Labute approximate surface area is 201 Å². The van der Waals surface area contributed by atoms with Crippen LogP contribution in [0.2, 0.25) is 0 Å². The highest BCUT2D eigenvalue weighted by atomic mass is 79.9. The van der Waals surface area contributed by atoms with Crippen LogP contribution in [0.4, 0.5) is 13.2 Å². The Kier molecular flexibility index (Phi) is 6.26. The summed E-state index contributed by atoms with van der Waals surface area (Å²) in [7, 11) is 1.20. The number of nitrogens with one attached hydrogen (secondary N) is 1. The van der Waals surface area contributed by atoms with Crippen molar-refractivity contribution in [1.82, 2.24) is 15.1 Å². The number of benzene rings is 2. The fourth-order valence-electron chi connectivity index (χ4n) is 3.76. The molecule has 34 heavy (non-hydrogen) atoms. The largest absolute Gasteiger partial charge is 0.468 e. The van der Waals surface area contributed by atoms with E-state index in [0.29, 0.717) is 16.8 Å². The number of aromatic nitrogens is 2. The van der Waals surface area contributed by atoms with Gasteiger partial charge in [-0.2, -0.15) is 18.3 Å². The van der Waals surface area contributed by atoms with Gasteiger partial charge in [-0.15, -0.1) is 0 Å². The van der Waals surface area contributed by atoms with E-state index in [2.05, 4.69) is 26.3 Å². The lowest BCUT2D eigenvalue weighted by Crippen LogP contribution is -2.32. The monoisotopic (exact) mass is 537 g/mol. The second kappa shape index (κ2) is 8.88. The number of hydrogen-bond donors (Lipinski definition) is 1. The molecule has 1 aromatic heterocycles. The molecular weight excluding hydrogens is 519 g/mol. The smallest absolute Gasteiger partial charge is 0.416 e. The molecule has 0 spiro atoms. The Balaban J connectivity index is 1.88.